The van der Waals surface area contributed by atoms with Gasteiger partial charge in [-0.05, 0) is 30.3 Å². The number of fused-ring (bicyclic) bond motifs is 1. The molecule has 0 saturated heterocycles. The van der Waals surface area contributed by atoms with Gasteiger partial charge in [-0.2, -0.15) is 8.78 Å². The third-order valence-electron chi connectivity index (χ3n) is 3.50. The van der Waals surface area contributed by atoms with Gasteiger partial charge in [0.1, 0.15) is 5.75 Å². The summed E-state index contributed by atoms with van der Waals surface area (Å²) in [5.74, 6) is -1.85. The summed E-state index contributed by atoms with van der Waals surface area (Å²) in [7, 11) is 1.58. The quantitative estimate of drug-likeness (QED) is 0.529. The summed E-state index contributed by atoms with van der Waals surface area (Å²) in [5.41, 5.74) is 2.32. The molecule has 3 rings (SSSR count). The molecule has 1 N–H and O–H groups in total. The lowest BCUT2D eigenvalue weighted by Gasteiger charge is -2.09. The molecule has 3 nitrogen and oxygen atoms in total. The Kier molecular flexibility index (Phi) is 4.34. The zero-order chi connectivity index (χ0) is 16.4. The van der Waals surface area contributed by atoms with E-state index in [4.69, 9.17) is 4.74 Å². The van der Waals surface area contributed by atoms with Crippen LogP contribution < -0.4 is 4.74 Å². The standard InChI is InChI=1S/C17H13F2NO2S/c1-22-12-5-6-13-11(7-12)8-14(20-13)16-10(9-21)3-2-4-15(16)23-17(18)19/h2-9,17,20H,1H3. The molecule has 0 atom stereocenters. The van der Waals surface area contributed by atoms with E-state index < -0.39 is 5.76 Å². The molecule has 1 heterocycles. The Bertz CT molecular complexity index is 861. The number of thioether (sulfide) groups is 1. The number of carbonyl (C=O) groups is 1. The molecule has 0 saturated carbocycles. The van der Waals surface area contributed by atoms with Gasteiger partial charge in [0.15, 0.2) is 6.29 Å². The first-order chi connectivity index (χ1) is 11.1. The summed E-state index contributed by atoms with van der Waals surface area (Å²) < 4.78 is 30.8. The van der Waals surface area contributed by atoms with Crippen molar-refractivity contribution in [3.63, 3.8) is 0 Å². The molecule has 0 unspecified atom stereocenters. The van der Waals surface area contributed by atoms with Crippen molar-refractivity contribution in [3.05, 3.63) is 48.0 Å². The Labute approximate surface area is 135 Å². The zero-order valence-corrected chi connectivity index (χ0v) is 13.0. The molecule has 2 aromatic carbocycles. The van der Waals surface area contributed by atoms with E-state index in [1.54, 1.807) is 25.3 Å². The molecule has 0 spiro atoms. The minimum absolute atomic E-state index is 0.364. The minimum atomic E-state index is -2.56. The first-order valence-electron chi connectivity index (χ1n) is 6.82. The molecular weight excluding hydrogens is 320 g/mol. The molecule has 0 aliphatic carbocycles. The molecule has 3 aromatic rings. The van der Waals surface area contributed by atoms with Crippen molar-refractivity contribution in [2.45, 2.75) is 10.7 Å². The number of hydrogen-bond donors (Lipinski definition) is 1. The van der Waals surface area contributed by atoms with E-state index in [1.165, 1.54) is 0 Å². The lowest BCUT2D eigenvalue weighted by molar-refractivity contribution is 0.112. The predicted molar refractivity (Wildman–Crippen MR) is 87.5 cm³/mol. The molecule has 6 heteroatoms. The molecule has 0 aliphatic heterocycles. The van der Waals surface area contributed by atoms with Gasteiger partial charge in [-0.1, -0.05) is 23.9 Å². The monoisotopic (exact) mass is 333 g/mol. The Morgan fingerprint density at radius 2 is 2.04 bits per heavy atom. The van der Waals surface area contributed by atoms with Crippen molar-refractivity contribution >= 4 is 29.0 Å². The lowest BCUT2D eigenvalue weighted by atomic mass is 10.1. The summed E-state index contributed by atoms with van der Waals surface area (Å²) in [4.78, 5) is 14.9. The van der Waals surface area contributed by atoms with Gasteiger partial charge in [0.25, 0.3) is 5.76 Å². The van der Waals surface area contributed by atoms with E-state index in [9.17, 15) is 13.6 Å². The minimum Gasteiger partial charge on any atom is -0.497 e. The first kappa shape index (κ1) is 15.6. The average Bonchev–Trinajstić information content (AvgIpc) is 2.96. The maximum Gasteiger partial charge on any atom is 0.288 e. The van der Waals surface area contributed by atoms with E-state index in [0.717, 1.165) is 10.9 Å². The van der Waals surface area contributed by atoms with Crippen LogP contribution >= 0.6 is 11.8 Å². The summed E-state index contributed by atoms with van der Waals surface area (Å²) in [5, 5.41) is 0.882. The number of methoxy groups -OCH3 is 1. The Morgan fingerprint density at radius 3 is 2.74 bits per heavy atom. The van der Waals surface area contributed by atoms with Crippen molar-refractivity contribution in [1.29, 1.82) is 0 Å². The number of H-pyrrole nitrogens is 1. The van der Waals surface area contributed by atoms with Crippen LogP contribution in [0.1, 0.15) is 10.4 Å². The maximum absolute atomic E-state index is 12.8. The summed E-state index contributed by atoms with van der Waals surface area (Å²) in [6.07, 6.45) is 0.678. The number of rotatable bonds is 5. The Morgan fingerprint density at radius 1 is 1.22 bits per heavy atom. The van der Waals surface area contributed by atoms with Crippen LogP contribution in [0.2, 0.25) is 0 Å². The smallest absolute Gasteiger partial charge is 0.288 e. The van der Waals surface area contributed by atoms with E-state index >= 15 is 0 Å². The number of nitrogens with one attached hydrogen (secondary N) is 1. The molecule has 0 fully saturated rings. The molecule has 0 amide bonds. The Balaban J connectivity index is 2.18. The van der Waals surface area contributed by atoms with Crippen LogP contribution in [-0.4, -0.2) is 24.1 Å². The highest BCUT2D eigenvalue weighted by molar-refractivity contribution is 7.99. The SMILES string of the molecule is COc1ccc2[nH]c(-c3c(C=O)cccc3SC(F)F)cc2c1. The van der Waals surface area contributed by atoms with E-state index in [0.29, 0.717) is 45.5 Å². The van der Waals surface area contributed by atoms with E-state index in [-0.39, 0.29) is 0 Å². The fourth-order valence-electron chi connectivity index (χ4n) is 2.50. The highest BCUT2D eigenvalue weighted by Crippen LogP contribution is 2.37. The van der Waals surface area contributed by atoms with Gasteiger partial charge in [-0.3, -0.25) is 4.79 Å². The van der Waals surface area contributed by atoms with Crippen molar-refractivity contribution < 1.29 is 18.3 Å². The van der Waals surface area contributed by atoms with E-state index in [1.807, 2.05) is 24.3 Å². The van der Waals surface area contributed by atoms with Crippen LogP contribution in [0.15, 0.2) is 47.4 Å². The highest BCUT2D eigenvalue weighted by Gasteiger charge is 2.16. The zero-order valence-electron chi connectivity index (χ0n) is 12.2. The van der Waals surface area contributed by atoms with Gasteiger partial charge in [-0.25, -0.2) is 0 Å². The first-order valence-corrected chi connectivity index (χ1v) is 7.70. The normalized spacial score (nSPS) is 11.1. The summed E-state index contributed by atoms with van der Waals surface area (Å²) >= 11 is 0.430. The number of benzene rings is 2. The average molecular weight is 333 g/mol. The predicted octanol–water partition coefficient (Wildman–Crippen LogP) is 4.97. The molecule has 0 bridgehead atoms. The highest BCUT2D eigenvalue weighted by atomic mass is 32.2. The van der Waals surface area contributed by atoms with Crippen LogP contribution in [0.3, 0.4) is 0 Å². The number of halogens is 2. The van der Waals surface area contributed by atoms with Gasteiger partial charge >= 0.3 is 0 Å². The van der Waals surface area contributed by atoms with Crippen LogP contribution in [0.25, 0.3) is 22.2 Å². The van der Waals surface area contributed by atoms with Gasteiger partial charge in [0, 0.05) is 32.6 Å². The van der Waals surface area contributed by atoms with Crippen LogP contribution in [0, 0.1) is 0 Å². The third-order valence-corrected chi connectivity index (χ3v) is 4.27. The van der Waals surface area contributed by atoms with Gasteiger partial charge < -0.3 is 9.72 Å². The van der Waals surface area contributed by atoms with Gasteiger partial charge in [0.05, 0.1) is 7.11 Å². The lowest BCUT2D eigenvalue weighted by Crippen LogP contribution is -1.93. The number of aromatic amines is 1. The number of aldehydes is 1. The van der Waals surface area contributed by atoms with Crippen molar-refractivity contribution in [2.75, 3.05) is 7.11 Å². The number of ether oxygens (including phenoxy) is 1. The summed E-state index contributed by atoms with van der Waals surface area (Å²) in [6.45, 7) is 0. The fourth-order valence-corrected chi connectivity index (χ4v) is 3.20. The number of aromatic nitrogens is 1. The molecule has 1 aromatic heterocycles. The van der Waals surface area contributed by atoms with E-state index in [2.05, 4.69) is 4.98 Å². The van der Waals surface area contributed by atoms with Crippen LogP contribution in [0.5, 0.6) is 5.75 Å². The van der Waals surface area contributed by atoms with Gasteiger partial charge in [-0.15, -0.1) is 0 Å². The molecular formula is C17H13F2NO2S. The molecule has 0 radical (unpaired) electrons. The van der Waals surface area contributed by atoms with Crippen LogP contribution in [-0.2, 0) is 0 Å². The molecule has 0 aliphatic rings. The summed E-state index contributed by atoms with van der Waals surface area (Å²) in [6, 6.07) is 12.1. The van der Waals surface area contributed by atoms with Crippen molar-refractivity contribution in [3.8, 4) is 17.0 Å². The second kappa shape index (κ2) is 6.42. The molecule has 23 heavy (non-hydrogen) atoms. The number of carbonyl (C=O) groups excluding carboxylic acids is 1. The fraction of sp³-hybridized carbons (Fsp3) is 0.118. The molecule has 118 valence electrons. The van der Waals surface area contributed by atoms with Crippen molar-refractivity contribution in [2.24, 2.45) is 0 Å². The largest absolute Gasteiger partial charge is 0.497 e. The van der Waals surface area contributed by atoms with Gasteiger partial charge in [0.2, 0.25) is 0 Å². The number of hydrogen-bond acceptors (Lipinski definition) is 3. The van der Waals surface area contributed by atoms with Crippen molar-refractivity contribution in [1.82, 2.24) is 4.98 Å². The maximum atomic E-state index is 12.8. The second-order valence-corrected chi connectivity index (χ2v) is 5.88. The number of alkyl halides is 2. The Hall–Kier alpha value is -2.34. The topological polar surface area (TPSA) is 42.1 Å². The van der Waals surface area contributed by atoms with Crippen LogP contribution in [0.4, 0.5) is 8.78 Å². The second-order valence-electron chi connectivity index (χ2n) is 4.85. The third kappa shape index (κ3) is 3.07.